The molecule has 0 N–H and O–H groups in total. The van der Waals surface area contributed by atoms with Crippen molar-refractivity contribution in [2.45, 2.75) is 56.9 Å². The first-order chi connectivity index (χ1) is 12.6. The number of ether oxygens (including phenoxy) is 1. The fraction of sp³-hybridized carbons (Fsp3) is 0.650. The van der Waals surface area contributed by atoms with Crippen molar-refractivity contribution in [3.8, 4) is 6.07 Å². The molecule has 1 aromatic heterocycles. The van der Waals surface area contributed by atoms with Gasteiger partial charge in [0.1, 0.15) is 0 Å². The number of likely N-dealkylation sites (tertiary alicyclic amines) is 1. The van der Waals surface area contributed by atoms with Crippen molar-refractivity contribution in [2.75, 3.05) is 19.7 Å². The van der Waals surface area contributed by atoms with Crippen molar-refractivity contribution in [3.63, 3.8) is 0 Å². The SMILES string of the molecule is CCOC(=O)C[C@H]1CCN(C2CCC(C#N)(c3ccc(Cl)cn3)CC2)C1. The maximum absolute atomic E-state index is 11.7. The highest BCUT2D eigenvalue weighted by Gasteiger charge is 2.41. The Balaban J connectivity index is 1.56. The molecule has 1 saturated carbocycles. The van der Waals surface area contributed by atoms with E-state index in [0.717, 1.165) is 50.9 Å². The van der Waals surface area contributed by atoms with Gasteiger partial charge in [0.05, 0.1) is 28.8 Å². The van der Waals surface area contributed by atoms with E-state index in [0.29, 0.717) is 30.0 Å². The average molecular weight is 376 g/mol. The van der Waals surface area contributed by atoms with Gasteiger partial charge < -0.3 is 9.64 Å². The quantitative estimate of drug-likeness (QED) is 0.734. The standard InChI is InChI=1S/C20H26ClN3O2/c1-2-26-19(25)11-15-7-10-24(13-15)17-5-8-20(14-22,9-6-17)18-4-3-16(21)12-23-18/h3-4,12,15,17H,2,5-11,13H2,1H3/t15-,17?,20?/m1/s1. The number of nitrogens with zero attached hydrogens (tertiary/aromatic N) is 3. The van der Waals surface area contributed by atoms with Crippen molar-refractivity contribution < 1.29 is 9.53 Å². The summed E-state index contributed by atoms with van der Waals surface area (Å²) in [5.74, 6) is 0.315. The van der Waals surface area contributed by atoms with Crippen molar-refractivity contribution in [2.24, 2.45) is 5.92 Å². The van der Waals surface area contributed by atoms with Crippen LogP contribution in [0, 0.1) is 17.2 Å². The zero-order chi connectivity index (χ0) is 18.6. The molecule has 0 unspecified atom stereocenters. The van der Waals surface area contributed by atoms with E-state index in [1.54, 1.807) is 6.20 Å². The highest BCUT2D eigenvalue weighted by molar-refractivity contribution is 6.30. The van der Waals surface area contributed by atoms with Gasteiger partial charge in [-0.15, -0.1) is 0 Å². The Kier molecular flexibility index (Phi) is 6.16. The zero-order valence-electron chi connectivity index (χ0n) is 15.3. The van der Waals surface area contributed by atoms with Gasteiger partial charge in [-0.3, -0.25) is 9.78 Å². The molecule has 26 heavy (non-hydrogen) atoms. The van der Waals surface area contributed by atoms with Crippen molar-refractivity contribution in [3.05, 3.63) is 29.0 Å². The van der Waals surface area contributed by atoms with Gasteiger partial charge in [-0.1, -0.05) is 11.6 Å². The topological polar surface area (TPSA) is 66.2 Å². The predicted octanol–water partition coefficient (Wildman–Crippen LogP) is 3.71. The third-order valence-electron chi connectivity index (χ3n) is 5.83. The number of halogens is 1. The number of rotatable bonds is 5. The minimum absolute atomic E-state index is 0.0831. The van der Waals surface area contributed by atoms with E-state index in [1.807, 2.05) is 19.1 Å². The van der Waals surface area contributed by atoms with Gasteiger partial charge in [0, 0.05) is 25.2 Å². The van der Waals surface area contributed by atoms with Crippen LogP contribution in [-0.4, -0.2) is 41.6 Å². The highest BCUT2D eigenvalue weighted by Crippen LogP contribution is 2.40. The second-order valence-corrected chi connectivity index (χ2v) is 7.88. The second-order valence-electron chi connectivity index (χ2n) is 7.45. The molecule has 0 aromatic carbocycles. The summed E-state index contributed by atoms with van der Waals surface area (Å²) in [5.41, 5.74) is 0.343. The summed E-state index contributed by atoms with van der Waals surface area (Å²) in [5, 5.41) is 10.4. The number of aromatic nitrogens is 1. The molecule has 1 aliphatic carbocycles. The molecule has 0 spiro atoms. The fourth-order valence-electron chi connectivity index (χ4n) is 4.36. The molecule has 2 heterocycles. The van der Waals surface area contributed by atoms with Gasteiger partial charge in [0.25, 0.3) is 0 Å². The minimum atomic E-state index is -0.495. The molecule has 1 saturated heterocycles. The molecule has 1 aromatic rings. The van der Waals surface area contributed by atoms with E-state index in [1.165, 1.54) is 0 Å². The molecule has 0 bridgehead atoms. The van der Waals surface area contributed by atoms with Crippen molar-refractivity contribution >= 4 is 17.6 Å². The Morgan fingerprint density at radius 2 is 2.19 bits per heavy atom. The second kappa shape index (κ2) is 8.37. The summed E-state index contributed by atoms with van der Waals surface area (Å²) in [4.78, 5) is 18.6. The summed E-state index contributed by atoms with van der Waals surface area (Å²) in [6.07, 6.45) is 6.82. The molecule has 2 aliphatic rings. The monoisotopic (exact) mass is 375 g/mol. The van der Waals surface area contributed by atoms with Crippen LogP contribution < -0.4 is 0 Å². The Hall–Kier alpha value is -1.64. The van der Waals surface area contributed by atoms with Crippen LogP contribution in [0.1, 0.15) is 51.1 Å². The van der Waals surface area contributed by atoms with Crippen molar-refractivity contribution in [1.29, 1.82) is 5.26 Å². The van der Waals surface area contributed by atoms with Crippen LogP contribution in [0.3, 0.4) is 0 Å². The van der Waals surface area contributed by atoms with Gasteiger partial charge in [0.15, 0.2) is 0 Å². The van der Waals surface area contributed by atoms with E-state index in [-0.39, 0.29) is 5.97 Å². The van der Waals surface area contributed by atoms with Crippen LogP contribution >= 0.6 is 11.6 Å². The highest BCUT2D eigenvalue weighted by atomic mass is 35.5. The van der Waals surface area contributed by atoms with Gasteiger partial charge in [-0.2, -0.15) is 5.26 Å². The largest absolute Gasteiger partial charge is 0.466 e. The van der Waals surface area contributed by atoms with Crippen LogP contribution in [0.4, 0.5) is 0 Å². The Morgan fingerprint density at radius 1 is 1.42 bits per heavy atom. The number of hydrogen-bond donors (Lipinski definition) is 0. The van der Waals surface area contributed by atoms with E-state index in [4.69, 9.17) is 16.3 Å². The average Bonchev–Trinajstić information content (AvgIpc) is 3.11. The summed E-state index contributed by atoms with van der Waals surface area (Å²) in [6, 6.07) is 6.73. The molecule has 0 amide bonds. The first kappa shape index (κ1) is 19.1. The molecule has 2 fully saturated rings. The van der Waals surface area contributed by atoms with Gasteiger partial charge >= 0.3 is 5.97 Å². The van der Waals surface area contributed by atoms with Crippen LogP contribution in [-0.2, 0) is 14.9 Å². The van der Waals surface area contributed by atoms with E-state index < -0.39 is 5.41 Å². The molecular formula is C20H26ClN3O2. The lowest BCUT2D eigenvalue weighted by Crippen LogP contribution is -2.41. The van der Waals surface area contributed by atoms with E-state index in [2.05, 4.69) is 16.0 Å². The van der Waals surface area contributed by atoms with Crippen LogP contribution in [0.15, 0.2) is 18.3 Å². The van der Waals surface area contributed by atoms with Gasteiger partial charge in [0.2, 0.25) is 0 Å². The minimum Gasteiger partial charge on any atom is -0.466 e. The van der Waals surface area contributed by atoms with Crippen molar-refractivity contribution in [1.82, 2.24) is 9.88 Å². The summed E-state index contributed by atoms with van der Waals surface area (Å²) in [6.45, 7) is 4.29. The predicted molar refractivity (Wildman–Crippen MR) is 99.7 cm³/mol. The molecule has 5 nitrogen and oxygen atoms in total. The number of carbonyl (C=O) groups is 1. The normalized spacial score (nSPS) is 29.3. The van der Waals surface area contributed by atoms with Gasteiger partial charge in [-0.25, -0.2) is 0 Å². The first-order valence-electron chi connectivity index (χ1n) is 9.49. The first-order valence-corrected chi connectivity index (χ1v) is 9.87. The number of esters is 1. The maximum Gasteiger partial charge on any atom is 0.306 e. The molecule has 1 aliphatic heterocycles. The Morgan fingerprint density at radius 3 is 2.81 bits per heavy atom. The fourth-order valence-corrected chi connectivity index (χ4v) is 4.47. The number of nitriles is 1. The maximum atomic E-state index is 11.7. The lowest BCUT2D eigenvalue weighted by Gasteiger charge is -2.38. The lowest BCUT2D eigenvalue weighted by atomic mass is 9.71. The van der Waals surface area contributed by atoms with Gasteiger partial charge in [-0.05, 0) is 63.6 Å². The van der Waals surface area contributed by atoms with Crippen LogP contribution in [0.2, 0.25) is 5.02 Å². The molecule has 6 heteroatoms. The Labute approximate surface area is 160 Å². The Bertz CT molecular complexity index is 663. The third kappa shape index (κ3) is 4.19. The lowest BCUT2D eigenvalue weighted by molar-refractivity contribution is -0.144. The number of hydrogen-bond acceptors (Lipinski definition) is 5. The third-order valence-corrected chi connectivity index (χ3v) is 6.06. The molecule has 1 atom stereocenters. The van der Waals surface area contributed by atoms with E-state index in [9.17, 15) is 10.1 Å². The number of pyridine rings is 1. The summed E-state index contributed by atoms with van der Waals surface area (Å²) < 4.78 is 5.07. The summed E-state index contributed by atoms with van der Waals surface area (Å²) in [7, 11) is 0. The molecule has 140 valence electrons. The zero-order valence-corrected chi connectivity index (χ0v) is 16.0. The number of carbonyl (C=O) groups excluding carboxylic acids is 1. The van der Waals surface area contributed by atoms with E-state index >= 15 is 0 Å². The van der Waals surface area contributed by atoms with Crippen LogP contribution in [0.5, 0.6) is 0 Å². The summed E-state index contributed by atoms with van der Waals surface area (Å²) >= 11 is 5.93. The molecule has 0 radical (unpaired) electrons. The molecule has 3 rings (SSSR count). The molecular weight excluding hydrogens is 350 g/mol. The smallest absolute Gasteiger partial charge is 0.306 e. The van der Waals surface area contributed by atoms with Crippen LogP contribution in [0.25, 0.3) is 0 Å².